The molecule has 2 unspecified atom stereocenters. The first kappa shape index (κ1) is 15.5. The van der Waals surface area contributed by atoms with E-state index in [9.17, 15) is 4.79 Å². The Labute approximate surface area is 131 Å². The molecule has 3 rings (SSSR count). The second-order valence-corrected chi connectivity index (χ2v) is 5.96. The molecule has 6 nitrogen and oxygen atoms in total. The fraction of sp³-hybridized carbons (Fsp3) is 0.688. The van der Waals surface area contributed by atoms with Crippen molar-refractivity contribution in [3.8, 4) is 0 Å². The van der Waals surface area contributed by atoms with Crippen molar-refractivity contribution in [2.24, 2.45) is 0 Å². The van der Waals surface area contributed by atoms with Crippen LogP contribution in [0.3, 0.4) is 0 Å². The zero-order valence-electron chi connectivity index (χ0n) is 13.2. The number of morpholine rings is 1. The number of H-pyrrole nitrogens is 1. The first-order valence-electron chi connectivity index (χ1n) is 8.07. The summed E-state index contributed by atoms with van der Waals surface area (Å²) in [5.41, 5.74) is 0.669. The standard InChI is InChI=1S/C16H25N3O3/c1-21-11-9-18-10-12-22-15-5-8-19(7-4-14(15)18)16(20)13-3-2-6-17-13/h2-3,6,14-15,17H,4-5,7-12H2,1H3. The Morgan fingerprint density at radius 3 is 3.05 bits per heavy atom. The van der Waals surface area contributed by atoms with Crippen molar-refractivity contribution < 1.29 is 14.3 Å². The molecule has 0 aromatic carbocycles. The van der Waals surface area contributed by atoms with Crippen molar-refractivity contribution in [1.82, 2.24) is 14.8 Å². The van der Waals surface area contributed by atoms with Crippen molar-refractivity contribution in [3.05, 3.63) is 24.0 Å². The van der Waals surface area contributed by atoms with Gasteiger partial charge in [-0.2, -0.15) is 0 Å². The van der Waals surface area contributed by atoms with Gasteiger partial charge in [0.25, 0.3) is 5.91 Å². The Hall–Kier alpha value is -1.37. The molecular weight excluding hydrogens is 282 g/mol. The monoisotopic (exact) mass is 307 g/mol. The highest BCUT2D eigenvalue weighted by molar-refractivity contribution is 5.92. The minimum Gasteiger partial charge on any atom is -0.383 e. The van der Waals surface area contributed by atoms with Crippen molar-refractivity contribution in [1.29, 1.82) is 0 Å². The minimum absolute atomic E-state index is 0.0899. The van der Waals surface area contributed by atoms with Crippen molar-refractivity contribution in [3.63, 3.8) is 0 Å². The lowest BCUT2D eigenvalue weighted by atomic mass is 10.0. The van der Waals surface area contributed by atoms with Crippen LogP contribution in [0.5, 0.6) is 0 Å². The van der Waals surface area contributed by atoms with Gasteiger partial charge in [0.15, 0.2) is 0 Å². The number of aromatic amines is 1. The highest BCUT2D eigenvalue weighted by Gasteiger charge is 2.35. The number of likely N-dealkylation sites (tertiary alicyclic amines) is 1. The lowest BCUT2D eigenvalue weighted by Gasteiger charge is -2.40. The third kappa shape index (κ3) is 3.34. The number of aromatic nitrogens is 1. The van der Waals surface area contributed by atoms with Crippen LogP contribution in [0, 0.1) is 0 Å². The van der Waals surface area contributed by atoms with Gasteiger partial charge in [-0.15, -0.1) is 0 Å². The maximum atomic E-state index is 12.5. The molecule has 1 N–H and O–H groups in total. The maximum Gasteiger partial charge on any atom is 0.270 e. The average Bonchev–Trinajstić information content (AvgIpc) is 2.99. The number of rotatable bonds is 4. The summed E-state index contributed by atoms with van der Waals surface area (Å²) in [7, 11) is 1.74. The Morgan fingerprint density at radius 1 is 1.41 bits per heavy atom. The number of nitrogens with zero attached hydrogens (tertiary/aromatic N) is 2. The van der Waals surface area contributed by atoms with Crippen molar-refractivity contribution >= 4 is 5.91 Å². The van der Waals surface area contributed by atoms with Gasteiger partial charge >= 0.3 is 0 Å². The molecule has 1 aromatic rings. The lowest BCUT2D eigenvalue weighted by molar-refractivity contribution is -0.0761. The number of ether oxygens (including phenoxy) is 2. The number of carbonyl (C=O) groups excluding carboxylic acids is 1. The highest BCUT2D eigenvalue weighted by atomic mass is 16.5. The molecule has 0 aliphatic carbocycles. The summed E-state index contributed by atoms with van der Waals surface area (Å²) in [5.74, 6) is 0.0899. The Balaban J connectivity index is 1.64. The highest BCUT2D eigenvalue weighted by Crippen LogP contribution is 2.24. The molecule has 122 valence electrons. The number of nitrogens with one attached hydrogen (secondary N) is 1. The molecule has 3 heterocycles. The molecule has 2 aliphatic rings. The molecule has 0 spiro atoms. The van der Waals surface area contributed by atoms with Crippen LogP contribution in [0.25, 0.3) is 0 Å². The van der Waals surface area contributed by atoms with E-state index in [1.54, 1.807) is 13.3 Å². The van der Waals surface area contributed by atoms with E-state index < -0.39 is 0 Å². The molecule has 1 amide bonds. The summed E-state index contributed by atoms with van der Waals surface area (Å²) in [6.07, 6.45) is 3.88. The van der Waals surface area contributed by atoms with Crippen LogP contribution in [-0.4, -0.2) is 79.3 Å². The predicted octanol–water partition coefficient (Wildman–Crippen LogP) is 0.967. The number of hydrogen-bond donors (Lipinski definition) is 1. The van der Waals surface area contributed by atoms with E-state index in [1.165, 1.54) is 0 Å². The molecule has 2 aliphatic heterocycles. The van der Waals surface area contributed by atoms with Crippen LogP contribution in [0.2, 0.25) is 0 Å². The summed E-state index contributed by atoms with van der Waals surface area (Å²) >= 11 is 0. The summed E-state index contributed by atoms with van der Waals surface area (Å²) in [6, 6.07) is 4.09. The largest absolute Gasteiger partial charge is 0.383 e. The zero-order valence-corrected chi connectivity index (χ0v) is 13.2. The Bertz CT molecular complexity index is 477. The molecule has 2 atom stereocenters. The number of methoxy groups -OCH3 is 1. The third-order valence-corrected chi connectivity index (χ3v) is 4.69. The normalized spacial score (nSPS) is 26.5. The maximum absolute atomic E-state index is 12.5. The summed E-state index contributed by atoms with van der Waals surface area (Å²) in [4.78, 5) is 19.9. The molecule has 2 saturated heterocycles. The van der Waals surface area contributed by atoms with E-state index in [0.717, 1.165) is 52.2 Å². The molecule has 0 radical (unpaired) electrons. The molecule has 2 fully saturated rings. The van der Waals surface area contributed by atoms with E-state index in [2.05, 4.69) is 9.88 Å². The van der Waals surface area contributed by atoms with Gasteiger partial charge in [-0.25, -0.2) is 0 Å². The Kier molecular flexibility index (Phi) is 5.12. The van der Waals surface area contributed by atoms with Crippen LogP contribution in [0.15, 0.2) is 18.3 Å². The van der Waals surface area contributed by atoms with Crippen LogP contribution >= 0.6 is 0 Å². The van der Waals surface area contributed by atoms with Crippen LogP contribution in [-0.2, 0) is 9.47 Å². The molecule has 22 heavy (non-hydrogen) atoms. The van der Waals surface area contributed by atoms with Crippen LogP contribution < -0.4 is 0 Å². The minimum atomic E-state index is 0.0899. The molecule has 0 bridgehead atoms. The quantitative estimate of drug-likeness (QED) is 0.900. The van der Waals surface area contributed by atoms with Gasteiger partial charge in [0.2, 0.25) is 0 Å². The van der Waals surface area contributed by atoms with Gasteiger partial charge in [0.1, 0.15) is 5.69 Å². The second kappa shape index (κ2) is 7.26. The number of hydrogen-bond acceptors (Lipinski definition) is 4. The SMILES string of the molecule is COCCN1CCOC2CCN(C(=O)c3ccc[nH]3)CCC21. The fourth-order valence-corrected chi connectivity index (χ4v) is 3.48. The molecular formula is C16H25N3O3. The molecule has 1 aromatic heterocycles. The molecule has 0 saturated carbocycles. The van der Waals surface area contributed by atoms with E-state index in [0.29, 0.717) is 11.7 Å². The fourth-order valence-electron chi connectivity index (χ4n) is 3.48. The van der Waals surface area contributed by atoms with Gasteiger partial charge in [-0.1, -0.05) is 0 Å². The summed E-state index contributed by atoms with van der Waals surface area (Å²) in [6.45, 7) is 4.95. The number of fused-ring (bicyclic) bond motifs is 1. The van der Waals surface area contributed by atoms with E-state index in [1.807, 2.05) is 17.0 Å². The Morgan fingerprint density at radius 2 is 2.27 bits per heavy atom. The van der Waals surface area contributed by atoms with E-state index in [-0.39, 0.29) is 12.0 Å². The van der Waals surface area contributed by atoms with E-state index in [4.69, 9.17) is 9.47 Å². The van der Waals surface area contributed by atoms with Crippen molar-refractivity contribution in [2.75, 3.05) is 46.5 Å². The first-order valence-corrected chi connectivity index (χ1v) is 8.07. The lowest BCUT2D eigenvalue weighted by Crippen LogP contribution is -2.52. The average molecular weight is 307 g/mol. The summed E-state index contributed by atoms with van der Waals surface area (Å²) < 4.78 is 11.2. The van der Waals surface area contributed by atoms with Gasteiger partial charge in [0.05, 0.1) is 19.3 Å². The smallest absolute Gasteiger partial charge is 0.270 e. The third-order valence-electron chi connectivity index (χ3n) is 4.69. The molecule has 6 heteroatoms. The number of amides is 1. The predicted molar refractivity (Wildman–Crippen MR) is 82.9 cm³/mol. The number of carbonyl (C=O) groups is 1. The van der Waals surface area contributed by atoms with Gasteiger partial charge in [0, 0.05) is 45.5 Å². The van der Waals surface area contributed by atoms with Gasteiger partial charge in [-0.05, 0) is 25.0 Å². The van der Waals surface area contributed by atoms with Gasteiger partial charge in [-0.3, -0.25) is 9.69 Å². The van der Waals surface area contributed by atoms with Crippen molar-refractivity contribution in [2.45, 2.75) is 25.0 Å². The van der Waals surface area contributed by atoms with Gasteiger partial charge < -0.3 is 19.4 Å². The first-order chi connectivity index (χ1) is 10.8. The van der Waals surface area contributed by atoms with E-state index >= 15 is 0 Å². The van der Waals surface area contributed by atoms with Crippen LogP contribution in [0.4, 0.5) is 0 Å². The summed E-state index contributed by atoms with van der Waals surface area (Å²) in [5, 5.41) is 0. The second-order valence-electron chi connectivity index (χ2n) is 5.96. The van der Waals surface area contributed by atoms with Crippen LogP contribution in [0.1, 0.15) is 23.3 Å². The zero-order chi connectivity index (χ0) is 15.4. The topological polar surface area (TPSA) is 57.8 Å².